The standard InChI is InChI=1S/C13H13N3O2S2/c14-10-1-2-11-12(5-10)15-7-13(11)20(17,18)16-6-9-3-4-19-8-9/h1-5,7-8,15-16H,6,14H2. The lowest BCUT2D eigenvalue weighted by Gasteiger charge is -2.04. The van der Waals surface area contributed by atoms with E-state index in [9.17, 15) is 8.42 Å². The van der Waals surface area contributed by atoms with Crippen LogP contribution in [0.2, 0.25) is 0 Å². The minimum atomic E-state index is -3.55. The van der Waals surface area contributed by atoms with Gasteiger partial charge in [0.1, 0.15) is 4.90 Å². The Morgan fingerprint density at radius 3 is 2.90 bits per heavy atom. The molecule has 0 amide bonds. The summed E-state index contributed by atoms with van der Waals surface area (Å²) in [6.07, 6.45) is 1.49. The van der Waals surface area contributed by atoms with Crippen LogP contribution in [-0.4, -0.2) is 13.4 Å². The molecule has 0 spiro atoms. The van der Waals surface area contributed by atoms with E-state index in [1.165, 1.54) is 17.5 Å². The van der Waals surface area contributed by atoms with Gasteiger partial charge in [-0.3, -0.25) is 0 Å². The number of hydrogen-bond donors (Lipinski definition) is 3. The third-order valence-electron chi connectivity index (χ3n) is 3.00. The summed E-state index contributed by atoms with van der Waals surface area (Å²) in [5.74, 6) is 0. The fraction of sp³-hybridized carbons (Fsp3) is 0.0769. The average molecular weight is 307 g/mol. The lowest BCUT2D eigenvalue weighted by Crippen LogP contribution is -2.22. The molecular formula is C13H13N3O2S2. The highest BCUT2D eigenvalue weighted by molar-refractivity contribution is 7.89. The highest BCUT2D eigenvalue weighted by atomic mass is 32.2. The number of nitrogens with two attached hydrogens (primary N) is 1. The number of rotatable bonds is 4. The molecule has 0 atom stereocenters. The topological polar surface area (TPSA) is 88.0 Å². The van der Waals surface area contributed by atoms with Crippen molar-refractivity contribution in [1.29, 1.82) is 0 Å². The lowest BCUT2D eigenvalue weighted by atomic mass is 10.2. The van der Waals surface area contributed by atoms with Crippen molar-refractivity contribution in [3.8, 4) is 0 Å². The van der Waals surface area contributed by atoms with E-state index in [-0.39, 0.29) is 11.4 Å². The molecular weight excluding hydrogens is 294 g/mol. The number of nitrogens with one attached hydrogen (secondary N) is 2. The Hall–Kier alpha value is -1.83. The molecule has 0 aliphatic heterocycles. The lowest BCUT2D eigenvalue weighted by molar-refractivity contribution is 0.582. The Bertz CT molecular complexity index is 836. The molecule has 4 N–H and O–H groups in total. The largest absolute Gasteiger partial charge is 0.399 e. The maximum atomic E-state index is 12.3. The van der Waals surface area contributed by atoms with Gasteiger partial charge < -0.3 is 10.7 Å². The molecule has 0 saturated carbocycles. The van der Waals surface area contributed by atoms with E-state index in [4.69, 9.17) is 5.73 Å². The van der Waals surface area contributed by atoms with Crippen molar-refractivity contribution < 1.29 is 8.42 Å². The van der Waals surface area contributed by atoms with Gasteiger partial charge in [0.15, 0.2) is 0 Å². The van der Waals surface area contributed by atoms with Crippen molar-refractivity contribution in [3.05, 3.63) is 46.8 Å². The molecule has 0 radical (unpaired) electrons. The second-order valence-corrected chi connectivity index (χ2v) is 6.93. The van der Waals surface area contributed by atoms with E-state index >= 15 is 0 Å². The Morgan fingerprint density at radius 2 is 2.15 bits per heavy atom. The van der Waals surface area contributed by atoms with E-state index in [0.717, 1.165) is 5.56 Å². The zero-order chi connectivity index (χ0) is 14.2. The SMILES string of the molecule is Nc1ccc2c(S(=O)(=O)NCc3ccsc3)c[nH]c2c1. The van der Waals surface area contributed by atoms with Gasteiger partial charge >= 0.3 is 0 Å². The van der Waals surface area contributed by atoms with Gasteiger partial charge in [0.25, 0.3) is 0 Å². The molecule has 0 aliphatic carbocycles. The van der Waals surface area contributed by atoms with Crippen LogP contribution in [-0.2, 0) is 16.6 Å². The normalized spacial score (nSPS) is 12.0. The number of nitrogen functional groups attached to an aromatic ring is 1. The zero-order valence-corrected chi connectivity index (χ0v) is 12.1. The molecule has 2 heterocycles. The van der Waals surface area contributed by atoms with Crippen LogP contribution in [0.15, 0.2) is 46.1 Å². The summed E-state index contributed by atoms with van der Waals surface area (Å²) in [5, 5.41) is 4.47. The van der Waals surface area contributed by atoms with Gasteiger partial charge in [0.2, 0.25) is 10.0 Å². The highest BCUT2D eigenvalue weighted by Gasteiger charge is 2.18. The van der Waals surface area contributed by atoms with Crippen molar-refractivity contribution >= 4 is 38.0 Å². The van der Waals surface area contributed by atoms with E-state index in [0.29, 0.717) is 16.6 Å². The predicted octanol–water partition coefficient (Wildman–Crippen LogP) is 2.29. The molecule has 0 fully saturated rings. The van der Waals surface area contributed by atoms with Gasteiger partial charge in [-0.05, 0) is 40.6 Å². The predicted molar refractivity (Wildman–Crippen MR) is 81.1 cm³/mol. The van der Waals surface area contributed by atoms with E-state index in [1.54, 1.807) is 18.2 Å². The molecule has 0 saturated heterocycles. The summed E-state index contributed by atoms with van der Waals surface area (Å²) in [4.78, 5) is 3.17. The molecule has 0 bridgehead atoms. The van der Waals surface area contributed by atoms with Crippen LogP contribution in [0.5, 0.6) is 0 Å². The molecule has 3 rings (SSSR count). The van der Waals surface area contributed by atoms with Crippen LogP contribution in [0.3, 0.4) is 0 Å². The Labute approximate surface area is 120 Å². The number of aromatic nitrogens is 1. The van der Waals surface area contributed by atoms with E-state index in [2.05, 4.69) is 9.71 Å². The maximum absolute atomic E-state index is 12.3. The van der Waals surface area contributed by atoms with E-state index < -0.39 is 10.0 Å². The molecule has 0 unspecified atom stereocenters. The van der Waals surface area contributed by atoms with Crippen LogP contribution >= 0.6 is 11.3 Å². The first-order valence-corrected chi connectivity index (χ1v) is 8.36. The van der Waals surface area contributed by atoms with Crippen LogP contribution in [0.4, 0.5) is 5.69 Å². The number of aromatic amines is 1. The molecule has 3 aromatic rings. The van der Waals surface area contributed by atoms with Crippen LogP contribution in [0.25, 0.3) is 10.9 Å². The number of anilines is 1. The highest BCUT2D eigenvalue weighted by Crippen LogP contribution is 2.24. The van der Waals surface area contributed by atoms with Crippen molar-refractivity contribution in [2.24, 2.45) is 0 Å². The number of thiophene rings is 1. The summed E-state index contributed by atoms with van der Waals surface area (Å²) in [5.41, 5.74) is 7.93. The molecule has 0 aliphatic rings. The molecule has 1 aromatic carbocycles. The van der Waals surface area contributed by atoms with Crippen LogP contribution < -0.4 is 10.5 Å². The van der Waals surface area contributed by atoms with Crippen molar-refractivity contribution in [3.63, 3.8) is 0 Å². The van der Waals surface area contributed by atoms with Crippen molar-refractivity contribution in [2.45, 2.75) is 11.4 Å². The number of sulfonamides is 1. The third kappa shape index (κ3) is 2.43. The number of hydrogen-bond acceptors (Lipinski definition) is 4. The minimum absolute atomic E-state index is 0.239. The molecule has 2 aromatic heterocycles. The second-order valence-electron chi connectivity index (χ2n) is 4.41. The minimum Gasteiger partial charge on any atom is -0.399 e. The van der Waals surface area contributed by atoms with Gasteiger partial charge in [0.05, 0.1) is 0 Å². The van der Waals surface area contributed by atoms with Crippen LogP contribution in [0.1, 0.15) is 5.56 Å². The smallest absolute Gasteiger partial charge is 0.242 e. The number of benzene rings is 1. The monoisotopic (exact) mass is 307 g/mol. The number of fused-ring (bicyclic) bond motifs is 1. The Morgan fingerprint density at radius 1 is 1.30 bits per heavy atom. The third-order valence-corrected chi connectivity index (χ3v) is 5.18. The van der Waals surface area contributed by atoms with Gasteiger partial charge in [-0.15, -0.1) is 0 Å². The molecule has 104 valence electrons. The van der Waals surface area contributed by atoms with Crippen molar-refractivity contribution in [2.75, 3.05) is 5.73 Å². The second kappa shape index (κ2) is 4.93. The van der Waals surface area contributed by atoms with Gasteiger partial charge in [0, 0.05) is 29.3 Å². The summed E-state index contributed by atoms with van der Waals surface area (Å²) in [7, 11) is -3.55. The summed E-state index contributed by atoms with van der Waals surface area (Å²) in [6.45, 7) is 0.285. The Balaban J connectivity index is 1.93. The molecule has 7 heteroatoms. The van der Waals surface area contributed by atoms with Gasteiger partial charge in [-0.1, -0.05) is 0 Å². The fourth-order valence-corrected chi connectivity index (χ4v) is 3.85. The average Bonchev–Trinajstić information content (AvgIpc) is 3.05. The van der Waals surface area contributed by atoms with Gasteiger partial charge in [-0.25, -0.2) is 13.1 Å². The summed E-state index contributed by atoms with van der Waals surface area (Å²) >= 11 is 1.54. The summed E-state index contributed by atoms with van der Waals surface area (Å²) in [6, 6.07) is 7.00. The Kier molecular flexibility index (Phi) is 3.25. The quantitative estimate of drug-likeness (QED) is 0.646. The maximum Gasteiger partial charge on any atom is 0.242 e. The first-order valence-electron chi connectivity index (χ1n) is 5.93. The molecule has 20 heavy (non-hydrogen) atoms. The van der Waals surface area contributed by atoms with Crippen LogP contribution in [0, 0.1) is 0 Å². The molecule has 5 nitrogen and oxygen atoms in total. The fourth-order valence-electron chi connectivity index (χ4n) is 1.99. The zero-order valence-electron chi connectivity index (χ0n) is 10.5. The number of H-pyrrole nitrogens is 1. The first kappa shape index (κ1) is 13.2. The van der Waals surface area contributed by atoms with Crippen molar-refractivity contribution in [1.82, 2.24) is 9.71 Å². The van der Waals surface area contributed by atoms with E-state index in [1.807, 2.05) is 16.8 Å². The first-order chi connectivity index (χ1) is 9.56. The summed E-state index contributed by atoms with van der Waals surface area (Å²) < 4.78 is 27.3. The van der Waals surface area contributed by atoms with Gasteiger partial charge in [-0.2, -0.15) is 11.3 Å².